The lowest BCUT2D eigenvalue weighted by atomic mass is 10.1. The molecular weight excluding hydrogens is 352 g/mol. The number of hydrogen-bond donors (Lipinski definition) is 5. The van der Waals surface area contributed by atoms with Crippen molar-refractivity contribution in [2.24, 2.45) is 10.8 Å². The molecule has 0 unspecified atom stereocenters. The Morgan fingerprint density at radius 2 is 1.89 bits per heavy atom. The molecule has 140 valence electrons. The second-order valence-corrected chi connectivity index (χ2v) is 6.55. The molecule has 0 bridgehead atoms. The van der Waals surface area contributed by atoms with Gasteiger partial charge < -0.3 is 21.0 Å². The predicted molar refractivity (Wildman–Crippen MR) is 113 cm³/mol. The lowest BCUT2D eigenvalue weighted by molar-refractivity contribution is 0.102. The van der Waals surface area contributed by atoms with Crippen LogP contribution >= 0.6 is 0 Å². The molecule has 0 radical (unpaired) electrons. The van der Waals surface area contributed by atoms with Crippen LogP contribution in [0, 0.1) is 0 Å². The Kier molecular flexibility index (Phi) is 4.33. The minimum Gasteiger partial charge on any atom is -0.385 e. The lowest BCUT2D eigenvalue weighted by Crippen LogP contribution is -2.14. The molecule has 7 heteroatoms. The first kappa shape index (κ1) is 17.4. The molecule has 0 aliphatic carbocycles. The number of rotatable bonds is 5. The van der Waals surface area contributed by atoms with Gasteiger partial charge in [-0.1, -0.05) is 12.6 Å². The van der Waals surface area contributed by atoms with Crippen molar-refractivity contribution in [3.05, 3.63) is 78.4 Å². The van der Waals surface area contributed by atoms with E-state index in [-0.39, 0.29) is 11.7 Å². The number of hydrazone groups is 1. The second kappa shape index (κ2) is 6.96. The van der Waals surface area contributed by atoms with Gasteiger partial charge in [0.2, 0.25) is 0 Å². The molecule has 1 amide bonds. The zero-order valence-electron chi connectivity index (χ0n) is 15.3. The summed E-state index contributed by atoms with van der Waals surface area (Å²) in [7, 11) is 0. The fraction of sp³-hybridized carbons (Fsp3) is 0.0476. The number of benzene rings is 2. The summed E-state index contributed by atoms with van der Waals surface area (Å²) in [5.41, 5.74) is 12.9. The zero-order valence-corrected chi connectivity index (χ0v) is 15.3. The van der Waals surface area contributed by atoms with E-state index in [0.717, 1.165) is 38.8 Å². The van der Waals surface area contributed by atoms with Crippen molar-refractivity contribution in [3.8, 4) is 0 Å². The van der Waals surface area contributed by atoms with E-state index in [2.05, 4.69) is 32.4 Å². The van der Waals surface area contributed by atoms with Crippen LogP contribution in [0.25, 0.3) is 21.8 Å². The Balaban J connectivity index is 1.57. The van der Waals surface area contributed by atoms with Crippen LogP contribution in [-0.4, -0.2) is 21.6 Å². The van der Waals surface area contributed by atoms with Crippen LogP contribution in [0.2, 0.25) is 0 Å². The van der Waals surface area contributed by atoms with E-state index >= 15 is 0 Å². The van der Waals surface area contributed by atoms with Crippen molar-refractivity contribution >= 4 is 39.1 Å². The quantitative estimate of drug-likeness (QED) is 0.272. The van der Waals surface area contributed by atoms with E-state index in [9.17, 15) is 4.79 Å². The van der Waals surface area contributed by atoms with Crippen LogP contribution in [0.4, 0.5) is 5.69 Å². The summed E-state index contributed by atoms with van der Waals surface area (Å²) >= 11 is 0. The number of nitrogens with one attached hydrogen (secondary N) is 4. The third-order valence-electron chi connectivity index (χ3n) is 4.46. The Hall–Kier alpha value is -4.00. The van der Waals surface area contributed by atoms with Crippen molar-refractivity contribution < 1.29 is 4.79 Å². The Labute approximate surface area is 161 Å². The summed E-state index contributed by atoms with van der Waals surface area (Å²) in [5.74, 6) is 0.0815. The first-order chi connectivity index (χ1) is 13.5. The van der Waals surface area contributed by atoms with E-state index in [1.807, 2.05) is 61.7 Å². The van der Waals surface area contributed by atoms with Crippen molar-refractivity contribution in [3.63, 3.8) is 0 Å². The van der Waals surface area contributed by atoms with Gasteiger partial charge in [0.25, 0.3) is 5.91 Å². The lowest BCUT2D eigenvalue weighted by Gasteiger charge is -2.03. The number of H-pyrrole nitrogens is 2. The fourth-order valence-electron chi connectivity index (χ4n) is 3.03. The molecule has 7 nitrogen and oxygen atoms in total. The topological polar surface area (TPSA) is 111 Å². The number of hydrogen-bond acceptors (Lipinski definition) is 4. The zero-order chi connectivity index (χ0) is 19.7. The fourth-order valence-corrected chi connectivity index (χ4v) is 3.03. The van der Waals surface area contributed by atoms with Gasteiger partial charge in [0.05, 0.1) is 5.71 Å². The Morgan fingerprint density at radius 3 is 2.71 bits per heavy atom. The Morgan fingerprint density at radius 1 is 1.07 bits per heavy atom. The molecule has 2 aromatic heterocycles. The molecule has 0 aliphatic rings. The molecule has 0 spiro atoms. The van der Waals surface area contributed by atoms with Gasteiger partial charge in [0.1, 0.15) is 11.5 Å². The highest BCUT2D eigenvalue weighted by Crippen LogP contribution is 2.21. The average molecular weight is 372 g/mol. The monoisotopic (exact) mass is 372 g/mol. The SMILES string of the molecule is C=C(N)N/N=C(\C)c1ccc2[nH]c(C(=O)Nc3ccc4[nH]ccc4c3)cc2c1. The number of carbonyl (C=O) groups excluding carboxylic acids is 1. The third-order valence-corrected chi connectivity index (χ3v) is 4.46. The maximum Gasteiger partial charge on any atom is 0.272 e. The van der Waals surface area contributed by atoms with E-state index in [1.54, 1.807) is 0 Å². The van der Waals surface area contributed by atoms with Crippen LogP contribution < -0.4 is 16.5 Å². The van der Waals surface area contributed by atoms with Crippen molar-refractivity contribution in [1.29, 1.82) is 0 Å². The molecule has 4 aromatic rings. The molecule has 4 rings (SSSR count). The summed E-state index contributed by atoms with van der Waals surface area (Å²) < 4.78 is 0. The molecular formula is C21H20N6O. The van der Waals surface area contributed by atoms with Gasteiger partial charge in [-0.2, -0.15) is 5.10 Å². The van der Waals surface area contributed by atoms with E-state index in [4.69, 9.17) is 5.73 Å². The molecule has 0 saturated carbocycles. The van der Waals surface area contributed by atoms with Gasteiger partial charge in [0, 0.05) is 33.7 Å². The summed E-state index contributed by atoms with van der Waals surface area (Å²) in [6, 6.07) is 15.4. The Bertz CT molecular complexity index is 1230. The van der Waals surface area contributed by atoms with Gasteiger partial charge in [-0.25, -0.2) is 0 Å². The number of aromatic nitrogens is 2. The van der Waals surface area contributed by atoms with Crippen molar-refractivity contribution in [2.75, 3.05) is 5.32 Å². The standard InChI is InChI=1S/C21H20N6O/c1-12(26-27-13(2)22)14-3-5-19-16(9-14)11-20(25-19)21(28)24-17-4-6-18-15(10-17)7-8-23-18/h3-11,23,25,27H,2,22H2,1H3,(H,24,28)/b26-12+. The number of nitrogens with two attached hydrogens (primary N) is 1. The predicted octanol–water partition coefficient (Wildman–Crippen LogP) is 3.65. The minimum absolute atomic E-state index is 0.195. The number of aromatic amines is 2. The van der Waals surface area contributed by atoms with Crippen molar-refractivity contribution in [2.45, 2.75) is 6.92 Å². The third kappa shape index (κ3) is 3.45. The van der Waals surface area contributed by atoms with Crippen LogP contribution in [-0.2, 0) is 0 Å². The summed E-state index contributed by atoms with van der Waals surface area (Å²) in [6.07, 6.45) is 1.87. The van der Waals surface area contributed by atoms with E-state index in [1.165, 1.54) is 0 Å². The van der Waals surface area contributed by atoms with Gasteiger partial charge in [0.15, 0.2) is 0 Å². The number of carbonyl (C=O) groups is 1. The molecule has 0 aliphatic heterocycles. The van der Waals surface area contributed by atoms with Crippen LogP contribution in [0.3, 0.4) is 0 Å². The largest absolute Gasteiger partial charge is 0.385 e. The second-order valence-electron chi connectivity index (χ2n) is 6.55. The van der Waals surface area contributed by atoms with Gasteiger partial charge in [-0.05, 0) is 55.0 Å². The molecule has 28 heavy (non-hydrogen) atoms. The number of anilines is 1. The highest BCUT2D eigenvalue weighted by atomic mass is 16.1. The first-order valence-electron chi connectivity index (χ1n) is 8.76. The highest BCUT2D eigenvalue weighted by Gasteiger charge is 2.11. The van der Waals surface area contributed by atoms with Crippen LogP contribution in [0.5, 0.6) is 0 Å². The van der Waals surface area contributed by atoms with E-state index < -0.39 is 0 Å². The average Bonchev–Trinajstić information content (AvgIpc) is 3.31. The number of nitrogens with zero attached hydrogens (tertiary/aromatic N) is 1. The maximum atomic E-state index is 12.6. The van der Waals surface area contributed by atoms with E-state index in [0.29, 0.717) is 5.69 Å². The van der Waals surface area contributed by atoms with Crippen LogP contribution in [0.15, 0.2) is 72.2 Å². The summed E-state index contributed by atoms with van der Waals surface area (Å²) in [6.45, 7) is 5.42. The summed E-state index contributed by atoms with van der Waals surface area (Å²) in [4.78, 5) is 18.9. The molecule has 0 atom stereocenters. The summed E-state index contributed by atoms with van der Waals surface area (Å²) in [5, 5.41) is 9.06. The molecule has 2 heterocycles. The van der Waals surface area contributed by atoms with Crippen molar-refractivity contribution in [1.82, 2.24) is 15.4 Å². The normalized spacial score (nSPS) is 11.7. The van der Waals surface area contributed by atoms with Gasteiger partial charge in [-0.15, -0.1) is 0 Å². The first-order valence-corrected chi connectivity index (χ1v) is 8.76. The number of amides is 1. The maximum absolute atomic E-state index is 12.6. The molecule has 0 fully saturated rings. The molecule has 2 aromatic carbocycles. The highest BCUT2D eigenvalue weighted by molar-refractivity contribution is 6.08. The van der Waals surface area contributed by atoms with Gasteiger partial charge >= 0.3 is 0 Å². The number of fused-ring (bicyclic) bond motifs is 2. The smallest absolute Gasteiger partial charge is 0.272 e. The molecule has 0 saturated heterocycles. The molecule has 6 N–H and O–H groups in total. The minimum atomic E-state index is -0.195. The van der Waals surface area contributed by atoms with Crippen LogP contribution in [0.1, 0.15) is 23.0 Å². The van der Waals surface area contributed by atoms with Gasteiger partial charge in [-0.3, -0.25) is 10.2 Å².